The smallest absolute Gasteiger partial charge is 0.331 e. The third kappa shape index (κ3) is 12.2. The minimum atomic E-state index is -0.932. The third-order valence-corrected chi connectivity index (χ3v) is 4.06. The molecule has 1 atom stereocenters. The van der Waals surface area contributed by atoms with Crippen LogP contribution < -0.4 is 0 Å². The number of allylic oxidation sites excluding steroid dienone is 4. The van der Waals surface area contributed by atoms with Crippen LogP contribution in [0.15, 0.2) is 34.9 Å². The van der Waals surface area contributed by atoms with Gasteiger partial charge >= 0.3 is 11.9 Å². The van der Waals surface area contributed by atoms with E-state index in [1.165, 1.54) is 0 Å². The lowest BCUT2D eigenvalue weighted by Crippen LogP contribution is -2.13. The number of rotatable bonds is 13. The molecule has 1 unspecified atom stereocenters. The summed E-state index contributed by atoms with van der Waals surface area (Å²) in [5, 5.41) is 27.4. The van der Waals surface area contributed by atoms with Gasteiger partial charge in [-0.3, -0.25) is 4.79 Å². The van der Waals surface area contributed by atoms with Gasteiger partial charge in [0.2, 0.25) is 0 Å². The van der Waals surface area contributed by atoms with Crippen LogP contribution in [0.1, 0.15) is 65.7 Å². The van der Waals surface area contributed by atoms with Crippen molar-refractivity contribution in [2.24, 2.45) is 5.92 Å². The van der Waals surface area contributed by atoms with Crippen molar-refractivity contribution in [1.29, 1.82) is 0 Å². The zero-order valence-electron chi connectivity index (χ0n) is 15.6. The van der Waals surface area contributed by atoms with Crippen LogP contribution in [0.3, 0.4) is 0 Å². The fourth-order valence-corrected chi connectivity index (χ4v) is 2.55. The predicted molar refractivity (Wildman–Crippen MR) is 99.4 cm³/mol. The SMILES string of the molecule is CC(C)=CCCC(=CCCC(CCCC(C)=CCO)C(=O)O)C(=O)O. The molecule has 0 aromatic carbocycles. The maximum atomic E-state index is 11.4. The molecule has 0 saturated heterocycles. The zero-order chi connectivity index (χ0) is 19.2. The third-order valence-electron chi connectivity index (χ3n) is 4.06. The highest BCUT2D eigenvalue weighted by atomic mass is 16.4. The molecule has 3 N–H and O–H groups in total. The van der Waals surface area contributed by atoms with Crippen LogP contribution in [0, 0.1) is 5.92 Å². The molecule has 0 aromatic rings. The van der Waals surface area contributed by atoms with Gasteiger partial charge in [-0.15, -0.1) is 0 Å². The summed E-state index contributed by atoms with van der Waals surface area (Å²) in [5.74, 6) is -2.23. The summed E-state index contributed by atoms with van der Waals surface area (Å²) >= 11 is 0. The number of carboxylic acids is 2. The first kappa shape index (κ1) is 23.1. The highest BCUT2D eigenvalue weighted by Crippen LogP contribution is 2.19. The van der Waals surface area contributed by atoms with E-state index in [9.17, 15) is 19.8 Å². The van der Waals surface area contributed by atoms with Crippen molar-refractivity contribution in [3.05, 3.63) is 34.9 Å². The normalized spacial score (nSPS) is 13.4. The van der Waals surface area contributed by atoms with E-state index in [0.29, 0.717) is 37.7 Å². The largest absolute Gasteiger partial charge is 0.481 e. The first-order valence-electron chi connectivity index (χ1n) is 8.82. The van der Waals surface area contributed by atoms with Gasteiger partial charge in [-0.1, -0.05) is 29.4 Å². The molecular formula is C20H32O5. The van der Waals surface area contributed by atoms with E-state index >= 15 is 0 Å². The Morgan fingerprint density at radius 3 is 2.12 bits per heavy atom. The standard InChI is InChI=1S/C20H32O5/c1-15(2)7-4-9-17(19(22)23)11-6-12-18(20(24)25)10-5-8-16(3)13-14-21/h7,11,13,18,21H,4-6,8-10,12,14H2,1-3H3,(H,22,23)(H,24,25). The molecule has 0 aliphatic rings. The van der Waals surface area contributed by atoms with Crippen LogP contribution in [0.4, 0.5) is 0 Å². The Kier molecular flexibility index (Phi) is 12.4. The van der Waals surface area contributed by atoms with E-state index < -0.39 is 17.9 Å². The fraction of sp³-hybridized carbons (Fsp3) is 0.600. The van der Waals surface area contributed by atoms with Crippen molar-refractivity contribution in [3.63, 3.8) is 0 Å². The topological polar surface area (TPSA) is 94.8 Å². The number of hydrogen-bond acceptors (Lipinski definition) is 3. The molecule has 142 valence electrons. The van der Waals surface area contributed by atoms with Gasteiger partial charge in [0.15, 0.2) is 0 Å². The summed E-state index contributed by atoms with van der Waals surface area (Å²) in [6, 6.07) is 0. The molecule has 5 heteroatoms. The highest BCUT2D eigenvalue weighted by Gasteiger charge is 2.16. The number of aliphatic carboxylic acids is 2. The Bertz CT molecular complexity index is 510. The first-order chi connectivity index (χ1) is 11.8. The van der Waals surface area contributed by atoms with Crippen LogP contribution in [0.25, 0.3) is 0 Å². The second-order valence-electron chi connectivity index (χ2n) is 6.59. The summed E-state index contributed by atoms with van der Waals surface area (Å²) in [6.07, 6.45) is 9.49. The molecule has 0 bridgehead atoms. The molecule has 0 spiro atoms. The molecule has 0 aliphatic carbocycles. The van der Waals surface area contributed by atoms with Crippen LogP contribution in [-0.4, -0.2) is 33.9 Å². The number of aliphatic hydroxyl groups is 1. The highest BCUT2D eigenvalue weighted by molar-refractivity contribution is 5.86. The van der Waals surface area contributed by atoms with Crippen molar-refractivity contribution in [2.45, 2.75) is 65.7 Å². The van der Waals surface area contributed by atoms with Crippen LogP contribution >= 0.6 is 0 Å². The minimum absolute atomic E-state index is 0.00367. The molecule has 0 aliphatic heterocycles. The minimum Gasteiger partial charge on any atom is -0.481 e. The van der Waals surface area contributed by atoms with Crippen molar-refractivity contribution in [3.8, 4) is 0 Å². The van der Waals surface area contributed by atoms with Gasteiger partial charge < -0.3 is 15.3 Å². The maximum absolute atomic E-state index is 11.4. The molecule has 0 rings (SSSR count). The fourth-order valence-electron chi connectivity index (χ4n) is 2.55. The van der Waals surface area contributed by atoms with Crippen molar-refractivity contribution >= 4 is 11.9 Å². The lowest BCUT2D eigenvalue weighted by atomic mass is 9.94. The number of carboxylic acid groups (broad SMARTS) is 2. The molecular weight excluding hydrogens is 320 g/mol. The Morgan fingerprint density at radius 2 is 1.60 bits per heavy atom. The number of carbonyl (C=O) groups is 2. The zero-order valence-corrected chi connectivity index (χ0v) is 15.6. The lowest BCUT2D eigenvalue weighted by molar-refractivity contribution is -0.142. The van der Waals surface area contributed by atoms with Gasteiger partial charge in [-0.25, -0.2) is 4.79 Å². The van der Waals surface area contributed by atoms with Crippen LogP contribution in [0.5, 0.6) is 0 Å². The van der Waals surface area contributed by atoms with Gasteiger partial charge in [-0.05, 0) is 65.7 Å². The van der Waals surface area contributed by atoms with E-state index in [-0.39, 0.29) is 6.61 Å². The molecule has 0 fully saturated rings. The summed E-state index contributed by atoms with van der Waals surface area (Å²) in [6.45, 7) is 5.86. The molecule has 0 saturated carbocycles. The van der Waals surface area contributed by atoms with Gasteiger partial charge in [0, 0.05) is 5.57 Å². The lowest BCUT2D eigenvalue weighted by Gasteiger charge is -2.11. The summed E-state index contributed by atoms with van der Waals surface area (Å²) < 4.78 is 0. The Hall–Kier alpha value is -1.88. The molecule has 0 amide bonds. The van der Waals surface area contributed by atoms with E-state index in [4.69, 9.17) is 5.11 Å². The average Bonchev–Trinajstić information content (AvgIpc) is 2.51. The molecule has 0 heterocycles. The molecule has 5 nitrogen and oxygen atoms in total. The average molecular weight is 352 g/mol. The van der Waals surface area contributed by atoms with E-state index in [1.54, 1.807) is 12.2 Å². The van der Waals surface area contributed by atoms with E-state index in [0.717, 1.165) is 24.0 Å². The van der Waals surface area contributed by atoms with Crippen molar-refractivity contribution in [1.82, 2.24) is 0 Å². The monoisotopic (exact) mass is 352 g/mol. The summed E-state index contributed by atoms with van der Waals surface area (Å²) in [7, 11) is 0. The molecule has 0 radical (unpaired) electrons. The number of hydrogen-bond donors (Lipinski definition) is 3. The Morgan fingerprint density at radius 1 is 0.920 bits per heavy atom. The molecule has 0 aromatic heterocycles. The summed E-state index contributed by atoms with van der Waals surface area (Å²) in [4.78, 5) is 22.6. The van der Waals surface area contributed by atoms with E-state index in [1.807, 2.05) is 26.8 Å². The van der Waals surface area contributed by atoms with Crippen molar-refractivity contribution in [2.75, 3.05) is 6.61 Å². The van der Waals surface area contributed by atoms with Crippen molar-refractivity contribution < 1.29 is 24.9 Å². The maximum Gasteiger partial charge on any atom is 0.331 e. The Balaban J connectivity index is 4.51. The first-order valence-corrected chi connectivity index (χ1v) is 8.82. The van der Waals surface area contributed by atoms with Gasteiger partial charge in [0.25, 0.3) is 0 Å². The van der Waals surface area contributed by atoms with Gasteiger partial charge in [-0.2, -0.15) is 0 Å². The number of aliphatic hydroxyl groups excluding tert-OH is 1. The quantitative estimate of drug-likeness (QED) is 0.339. The molecule has 25 heavy (non-hydrogen) atoms. The van der Waals surface area contributed by atoms with Gasteiger partial charge in [0.1, 0.15) is 0 Å². The van der Waals surface area contributed by atoms with E-state index in [2.05, 4.69) is 0 Å². The van der Waals surface area contributed by atoms with Crippen LogP contribution in [0.2, 0.25) is 0 Å². The van der Waals surface area contributed by atoms with Gasteiger partial charge in [0.05, 0.1) is 12.5 Å². The summed E-state index contributed by atoms with van der Waals surface area (Å²) in [5.41, 5.74) is 2.56. The second kappa shape index (κ2) is 13.4. The second-order valence-corrected chi connectivity index (χ2v) is 6.59. The Labute approximate surface area is 150 Å². The predicted octanol–water partition coefficient (Wildman–Crippen LogP) is 4.33. The van der Waals surface area contributed by atoms with Crippen LogP contribution in [-0.2, 0) is 9.59 Å².